The van der Waals surface area contributed by atoms with Crippen molar-refractivity contribution in [3.63, 3.8) is 0 Å². The molecule has 202 valence electrons. The molecule has 14 heteroatoms. The Morgan fingerprint density at radius 2 is 2.00 bits per heavy atom. The van der Waals surface area contributed by atoms with Crippen LogP contribution in [0.3, 0.4) is 0 Å². The third kappa shape index (κ3) is 5.18. The summed E-state index contributed by atoms with van der Waals surface area (Å²) in [6, 6.07) is 0. The number of fused-ring (bicyclic) bond motifs is 1. The zero-order chi connectivity index (χ0) is 27.4. The first-order valence-electron chi connectivity index (χ1n) is 12.2. The fourth-order valence-electron chi connectivity index (χ4n) is 4.00. The largest absolute Gasteiger partial charge is 0.515 e. The van der Waals surface area contributed by atoms with Gasteiger partial charge in [-0.1, -0.05) is 13.8 Å². The van der Waals surface area contributed by atoms with Crippen LogP contribution in [0.5, 0.6) is 0 Å². The number of hydrogen-bond donors (Lipinski definition) is 3. The van der Waals surface area contributed by atoms with Crippen molar-refractivity contribution in [1.29, 1.82) is 0 Å². The van der Waals surface area contributed by atoms with Gasteiger partial charge in [-0.15, -0.1) is 0 Å². The number of ketones is 1. The van der Waals surface area contributed by atoms with E-state index in [9.17, 15) is 24.9 Å². The number of allylic oxidation sites excluding steroid dienone is 1. The molecule has 4 atom stereocenters. The lowest BCUT2D eigenvalue weighted by atomic mass is 10.1. The molecular formula is C24H29N7O7. The van der Waals surface area contributed by atoms with E-state index in [1.54, 1.807) is 6.92 Å². The number of rotatable bonds is 10. The third-order valence-electron chi connectivity index (χ3n) is 5.97. The van der Waals surface area contributed by atoms with Crippen LogP contribution >= 0.6 is 0 Å². The Labute approximate surface area is 217 Å². The minimum Gasteiger partial charge on any atom is -0.515 e. The Balaban J connectivity index is 1.82. The van der Waals surface area contributed by atoms with Crippen molar-refractivity contribution >= 4 is 34.9 Å². The van der Waals surface area contributed by atoms with Crippen LogP contribution in [-0.2, 0) is 14.3 Å². The Bertz CT molecular complexity index is 1380. The quantitative estimate of drug-likeness (QED) is 0.151. The summed E-state index contributed by atoms with van der Waals surface area (Å²) in [4.78, 5) is 41.9. The van der Waals surface area contributed by atoms with Crippen molar-refractivity contribution in [3.8, 4) is 5.95 Å². The first-order valence-corrected chi connectivity index (χ1v) is 12.2. The number of ether oxygens (including phenoxy) is 2. The minimum absolute atomic E-state index is 0.00330. The minimum atomic E-state index is -1.25. The highest BCUT2D eigenvalue weighted by molar-refractivity contribution is 6.13. The van der Waals surface area contributed by atoms with Gasteiger partial charge in [-0.05, 0) is 19.8 Å². The lowest BCUT2D eigenvalue weighted by molar-refractivity contribution is -0.115. The van der Waals surface area contributed by atoms with Gasteiger partial charge in [0.2, 0.25) is 0 Å². The van der Waals surface area contributed by atoms with Crippen molar-refractivity contribution in [2.45, 2.75) is 64.6 Å². The van der Waals surface area contributed by atoms with E-state index in [0.29, 0.717) is 19.1 Å². The average molecular weight is 528 g/mol. The van der Waals surface area contributed by atoms with Crippen LogP contribution < -0.4 is 0 Å². The van der Waals surface area contributed by atoms with Crippen LogP contribution in [0.25, 0.3) is 17.1 Å². The number of hydrogen-bond acceptors (Lipinski definition) is 12. The van der Waals surface area contributed by atoms with E-state index < -0.39 is 30.5 Å². The first-order chi connectivity index (χ1) is 18.3. The molecule has 0 unspecified atom stereocenters. The second-order valence-corrected chi connectivity index (χ2v) is 8.54. The van der Waals surface area contributed by atoms with E-state index in [-0.39, 0.29) is 52.9 Å². The summed E-state index contributed by atoms with van der Waals surface area (Å²) in [7, 11) is 0. The molecule has 1 saturated heterocycles. The van der Waals surface area contributed by atoms with Gasteiger partial charge in [0.15, 0.2) is 29.0 Å². The number of aliphatic imine (C=N–C) groups is 1. The highest BCUT2D eigenvalue weighted by atomic mass is 16.6. The van der Waals surface area contributed by atoms with Gasteiger partial charge >= 0.3 is 5.97 Å². The Hall–Kier alpha value is -4.01. The van der Waals surface area contributed by atoms with Crippen LogP contribution in [0, 0.1) is 0 Å². The van der Waals surface area contributed by atoms with Crippen LogP contribution in [0.2, 0.25) is 0 Å². The molecule has 0 spiro atoms. The summed E-state index contributed by atoms with van der Waals surface area (Å²) in [5, 5.41) is 34.7. The smallest absolute Gasteiger partial charge is 0.341 e. The molecule has 0 aromatic carbocycles. The molecule has 38 heavy (non-hydrogen) atoms. The number of aliphatic hydroxyl groups is 3. The fourth-order valence-corrected chi connectivity index (χ4v) is 4.00. The number of aliphatic hydroxyl groups excluding tert-OH is 3. The van der Waals surface area contributed by atoms with E-state index in [1.807, 2.05) is 13.8 Å². The Kier molecular flexibility index (Phi) is 8.24. The monoisotopic (exact) mass is 527 g/mol. The van der Waals surface area contributed by atoms with E-state index in [4.69, 9.17) is 9.47 Å². The normalized spacial score (nSPS) is 22.0. The average Bonchev–Trinajstić information content (AvgIpc) is 3.63. The van der Waals surface area contributed by atoms with Gasteiger partial charge in [0.1, 0.15) is 12.2 Å². The van der Waals surface area contributed by atoms with E-state index in [1.165, 1.54) is 34.2 Å². The molecule has 0 amide bonds. The lowest BCUT2D eigenvalue weighted by Crippen LogP contribution is -2.31. The van der Waals surface area contributed by atoms with E-state index >= 15 is 0 Å². The molecule has 3 N–H and O–H groups in total. The molecule has 1 aliphatic rings. The topological polar surface area (TPSA) is 187 Å². The van der Waals surface area contributed by atoms with Crippen LogP contribution in [0.4, 0.5) is 5.82 Å². The van der Waals surface area contributed by atoms with E-state index in [0.717, 1.165) is 0 Å². The number of carbonyl (C=O) groups is 2. The van der Waals surface area contributed by atoms with Gasteiger partial charge in [0.25, 0.3) is 5.95 Å². The van der Waals surface area contributed by atoms with Crippen molar-refractivity contribution in [1.82, 2.24) is 29.3 Å². The molecule has 14 nitrogen and oxygen atoms in total. The summed E-state index contributed by atoms with van der Waals surface area (Å²) in [6.45, 7) is 5.54. The van der Waals surface area contributed by atoms with Crippen molar-refractivity contribution in [2.75, 3.05) is 6.61 Å². The molecule has 0 aliphatic carbocycles. The predicted molar refractivity (Wildman–Crippen MR) is 133 cm³/mol. The SMILES string of the molecule is CCCC(=O)C(C=Nc1nc(-n2cc(C(=O)OCC)cn2)nc2c1ncn2[C@@H]1O[C@H](CC)[C@@H](O)[C@H]1O)=CO. The Morgan fingerprint density at radius 1 is 1.21 bits per heavy atom. The van der Waals surface area contributed by atoms with Gasteiger partial charge < -0.3 is 24.8 Å². The summed E-state index contributed by atoms with van der Waals surface area (Å²) < 4.78 is 13.6. The van der Waals surface area contributed by atoms with Gasteiger partial charge in [-0.2, -0.15) is 15.1 Å². The van der Waals surface area contributed by atoms with Gasteiger partial charge in [-0.3, -0.25) is 9.36 Å². The Morgan fingerprint density at radius 3 is 2.66 bits per heavy atom. The predicted octanol–water partition coefficient (Wildman–Crippen LogP) is 1.73. The summed E-state index contributed by atoms with van der Waals surface area (Å²) in [5.74, 6) is -0.850. The van der Waals surface area contributed by atoms with Crippen LogP contribution in [0.1, 0.15) is 56.6 Å². The molecule has 4 heterocycles. The number of nitrogens with zero attached hydrogens (tertiary/aromatic N) is 7. The van der Waals surface area contributed by atoms with Crippen molar-refractivity contribution in [2.24, 2.45) is 4.99 Å². The van der Waals surface area contributed by atoms with Crippen molar-refractivity contribution < 1.29 is 34.4 Å². The number of Topliss-reactive ketones (excluding diaryl/α,β-unsaturated/α-hetero) is 1. The summed E-state index contributed by atoms with van der Waals surface area (Å²) in [5.41, 5.74) is 0.547. The molecule has 3 aromatic heterocycles. The molecule has 3 aromatic rings. The van der Waals surface area contributed by atoms with Crippen LogP contribution in [-0.4, -0.2) is 87.5 Å². The molecule has 0 saturated carbocycles. The number of imidazole rings is 1. The summed E-state index contributed by atoms with van der Waals surface area (Å²) in [6.07, 6.45) is 3.25. The molecular weight excluding hydrogens is 498 g/mol. The lowest BCUT2D eigenvalue weighted by Gasteiger charge is -2.16. The fraction of sp³-hybridized carbons (Fsp3) is 0.458. The second kappa shape index (κ2) is 11.6. The number of aromatic nitrogens is 6. The molecule has 0 radical (unpaired) electrons. The standard InChI is InChI=1S/C24H29N7O7/c1-4-7-15(33)14(11-32)8-25-20-17-21(30(12-26-17)22-19(35)18(34)16(5-2)38-22)29-24(28-20)31-10-13(9-27-31)23(36)37-6-3/h8-12,16,18-19,22,32,34-35H,4-7H2,1-3H3/t16-,18-,19-,22-/m1/s1. The van der Waals surface area contributed by atoms with Gasteiger partial charge in [0.05, 0.1) is 42.6 Å². The molecule has 1 aliphatic heterocycles. The maximum Gasteiger partial charge on any atom is 0.341 e. The van der Waals surface area contributed by atoms with Gasteiger partial charge in [0, 0.05) is 18.8 Å². The molecule has 1 fully saturated rings. The summed E-state index contributed by atoms with van der Waals surface area (Å²) >= 11 is 0. The molecule has 0 bridgehead atoms. The highest BCUT2D eigenvalue weighted by Crippen LogP contribution is 2.34. The second-order valence-electron chi connectivity index (χ2n) is 8.54. The number of carbonyl (C=O) groups excluding carboxylic acids is 2. The maximum absolute atomic E-state index is 12.3. The first kappa shape index (κ1) is 27.0. The van der Waals surface area contributed by atoms with Crippen molar-refractivity contribution in [3.05, 3.63) is 36.1 Å². The molecule has 4 rings (SSSR count). The maximum atomic E-state index is 12.3. The van der Waals surface area contributed by atoms with Gasteiger partial charge in [-0.25, -0.2) is 19.5 Å². The number of esters is 1. The van der Waals surface area contributed by atoms with Crippen LogP contribution in [0.15, 0.2) is 35.5 Å². The highest BCUT2D eigenvalue weighted by Gasteiger charge is 2.43. The third-order valence-corrected chi connectivity index (χ3v) is 5.97. The zero-order valence-electron chi connectivity index (χ0n) is 21.1. The van der Waals surface area contributed by atoms with E-state index in [2.05, 4.69) is 25.0 Å². The zero-order valence-corrected chi connectivity index (χ0v) is 21.1.